The van der Waals surface area contributed by atoms with Gasteiger partial charge in [0.15, 0.2) is 0 Å². The Bertz CT molecular complexity index is 4490. The standard InChI is InChI=1S/2C53H72Si3.2ClH.Hf/c2*1-14-22-38-32-42(33-39(23-15-2)52(38)55(8,9)10)44-26-18-20-28-46-48(44)30-36(5)50(46)54(7)51-37(6)31-49-45(27-19-21-29-47(49)51)43-34-40(24-16-3)53(56(11,12)13)41(35-43)25-17-4;;;/h2*18-21,26-35,44-45,54H,14-17,22-25H2,1-13H3;2*1H;/q;;;;+2/p-2. The molecule has 9 heteroatoms. The van der Waals surface area contributed by atoms with Crippen LogP contribution < -0.4 is 20.7 Å². The van der Waals surface area contributed by atoms with Gasteiger partial charge in [0.2, 0.25) is 0 Å². The van der Waals surface area contributed by atoms with Gasteiger partial charge < -0.3 is 0 Å². The number of fused-ring (bicyclic) bond motifs is 8. The molecule has 115 heavy (non-hydrogen) atoms. The van der Waals surface area contributed by atoms with E-state index in [0.29, 0.717) is 0 Å². The van der Waals surface area contributed by atoms with Crippen LogP contribution in [-0.2, 0) is 66.0 Å². The van der Waals surface area contributed by atoms with Crippen molar-refractivity contribution < 1.29 is 14.7 Å². The third-order valence-electron chi connectivity index (χ3n) is 31.0. The Hall–Kier alpha value is -4.53. The molecule has 2 fully saturated rings. The van der Waals surface area contributed by atoms with Gasteiger partial charge in [0, 0.05) is 0 Å². The molecule has 8 atom stereocenters. The van der Waals surface area contributed by atoms with E-state index in [1.54, 1.807) is 65.3 Å². The van der Waals surface area contributed by atoms with Crippen LogP contribution in [0.2, 0.25) is 103 Å². The van der Waals surface area contributed by atoms with E-state index in [2.05, 4.69) is 345 Å². The molecule has 0 aromatic heterocycles. The van der Waals surface area contributed by atoms with Gasteiger partial charge in [-0.2, -0.15) is 0 Å². The summed E-state index contributed by atoms with van der Waals surface area (Å²) in [6.45, 7) is 66.7. The van der Waals surface area contributed by atoms with Crippen LogP contribution in [0.5, 0.6) is 0 Å². The van der Waals surface area contributed by atoms with Crippen molar-refractivity contribution in [2.75, 3.05) is 0 Å². The minimum atomic E-state index is -8.06. The predicted octanol–water partition coefficient (Wildman–Crippen LogP) is 28.5. The molecule has 4 aromatic carbocycles. The molecule has 0 nitrogen and oxygen atoms in total. The quantitative estimate of drug-likeness (QED) is 0.0614. The molecule has 2 saturated heterocycles. The summed E-state index contributed by atoms with van der Waals surface area (Å²) in [5.41, 5.74) is 35.9. The summed E-state index contributed by atoms with van der Waals surface area (Å²) < 4.78 is -2.84. The average Bonchev–Trinajstić information content (AvgIpc) is 1.50. The maximum atomic E-state index is 12.0. The molecule has 10 aliphatic rings. The number of hydrogen-bond acceptors (Lipinski definition) is 0. The van der Waals surface area contributed by atoms with Crippen LogP contribution in [0, 0.1) is 0 Å². The fraction of sp³-hybridized carbons (Fsp3) is 0.472. The summed E-state index contributed by atoms with van der Waals surface area (Å²) in [7, 11) is 11.6. The van der Waals surface area contributed by atoms with Crippen molar-refractivity contribution in [3.63, 3.8) is 0 Å². The van der Waals surface area contributed by atoms with Crippen molar-refractivity contribution in [3.8, 4) is 0 Å². The Morgan fingerprint density at radius 2 is 0.452 bits per heavy atom. The fourth-order valence-corrected chi connectivity index (χ4v) is 210. The zero-order valence-corrected chi connectivity index (χ0v) is 87.6. The Labute approximate surface area is 711 Å². The molecule has 610 valence electrons. The second kappa shape index (κ2) is 30.8. The monoisotopic (exact) mass is 1830 g/mol. The second-order valence-electron chi connectivity index (χ2n) is 41.8. The first-order valence-electron chi connectivity index (χ1n) is 45.9. The molecule has 2 heterocycles. The van der Waals surface area contributed by atoms with Crippen LogP contribution >= 0.6 is 17.2 Å². The van der Waals surface area contributed by atoms with Crippen molar-refractivity contribution >= 4 is 87.8 Å². The first-order valence-corrected chi connectivity index (χ1v) is 80.6. The molecule has 0 bridgehead atoms. The topological polar surface area (TPSA) is 0 Å². The SMILES string of the molecule is CCCc1cc(C2C=CC=CC3=C2C=C(C)[C]32[SiH](C)[C]3(C(C)=CC4=C3C=CC=CC4c3cc(CCC)c([Si](C)(C)C)c(CCC)c3)[Hf]23([Cl])([Cl])[C]2(C(C)=CC4=C2C=CC=CC4c2cc(CCC)c([Si](C)(C)C)c(CCC)c2)[SiH](C)[C]32C(C)=CC3=C2C=CC=CC3c2cc(CCC)c([Si](C)(C)C)c(CCC)c2)cc(CCC)c1[Si](C)(C)C. The van der Waals surface area contributed by atoms with Crippen LogP contribution in [0.3, 0.4) is 0 Å². The average molecular weight is 1840 g/mol. The van der Waals surface area contributed by atoms with E-state index in [-0.39, 0.29) is 23.7 Å². The predicted molar refractivity (Wildman–Crippen MR) is 525 cm³/mol. The van der Waals surface area contributed by atoms with Gasteiger partial charge in [0.1, 0.15) is 0 Å². The summed E-state index contributed by atoms with van der Waals surface area (Å²) in [6, 6.07) is 21.8. The van der Waals surface area contributed by atoms with Crippen molar-refractivity contribution in [1.82, 2.24) is 0 Å². The van der Waals surface area contributed by atoms with Crippen molar-refractivity contribution in [2.45, 2.75) is 312 Å². The van der Waals surface area contributed by atoms with Gasteiger partial charge in [0.05, 0.1) is 0 Å². The fourth-order valence-electron chi connectivity index (χ4n) is 29.4. The molecular formula is C106H144Cl2HfSi6. The van der Waals surface area contributed by atoms with Crippen molar-refractivity contribution in [2.24, 2.45) is 0 Å². The van der Waals surface area contributed by atoms with E-state index in [4.69, 9.17) is 0 Å². The van der Waals surface area contributed by atoms with E-state index in [0.717, 1.165) is 103 Å². The number of halogens is 2. The molecule has 2 aliphatic heterocycles. The van der Waals surface area contributed by atoms with Crippen LogP contribution in [0.1, 0.15) is 225 Å². The molecule has 0 radical (unpaired) electrons. The van der Waals surface area contributed by atoms with Crippen LogP contribution in [0.15, 0.2) is 237 Å². The number of aryl methyl sites for hydroxylation is 8. The Morgan fingerprint density at radius 3 is 0.600 bits per heavy atom. The van der Waals surface area contributed by atoms with Crippen LogP contribution in [-0.4, -0.2) is 49.9 Å². The van der Waals surface area contributed by atoms with Gasteiger partial charge in [-0.15, -0.1) is 0 Å². The van der Waals surface area contributed by atoms with Gasteiger partial charge in [-0.25, -0.2) is 0 Å². The van der Waals surface area contributed by atoms with E-state index >= 15 is 0 Å². The third-order valence-corrected chi connectivity index (χ3v) is 157. The minimum absolute atomic E-state index is 0.00931. The van der Waals surface area contributed by atoms with Gasteiger partial charge in [0.25, 0.3) is 0 Å². The van der Waals surface area contributed by atoms with Gasteiger partial charge in [-0.1, -0.05) is 0 Å². The summed E-state index contributed by atoms with van der Waals surface area (Å²) in [5, 5.41) is 6.78. The number of hydrogen-bond donors (Lipinski definition) is 0. The Balaban J connectivity index is 1.20. The van der Waals surface area contributed by atoms with E-state index in [1.165, 1.54) is 89.1 Å². The number of benzene rings is 4. The Kier molecular flexibility index (Phi) is 23.3. The summed E-state index contributed by atoms with van der Waals surface area (Å²) in [6.07, 6.45) is 69.9. The zero-order valence-electron chi connectivity index (χ0n) is 76.2. The third kappa shape index (κ3) is 11.5. The molecule has 5 spiro atoms. The molecule has 4 aromatic rings. The van der Waals surface area contributed by atoms with Crippen molar-refractivity contribution in [1.29, 1.82) is 0 Å². The summed E-state index contributed by atoms with van der Waals surface area (Å²) in [4.78, 5) is 0. The number of rotatable bonds is 24. The maximum absolute atomic E-state index is 12.0. The molecule has 8 unspecified atom stereocenters. The molecule has 8 aliphatic carbocycles. The number of allylic oxidation sites excluding steroid dienone is 32. The molecule has 0 saturated carbocycles. The molecule has 14 rings (SSSR count). The van der Waals surface area contributed by atoms with Gasteiger partial charge in [-0.05, 0) is 0 Å². The van der Waals surface area contributed by atoms with Gasteiger partial charge >= 0.3 is 718 Å². The van der Waals surface area contributed by atoms with Gasteiger partial charge in [-0.3, -0.25) is 0 Å². The zero-order chi connectivity index (χ0) is 83.2. The molecule has 0 amide bonds. The molecule has 0 N–H and O–H groups in total. The van der Waals surface area contributed by atoms with Crippen LogP contribution in [0.25, 0.3) is 0 Å². The molecular weight excluding hydrogens is 1690 g/mol. The summed E-state index contributed by atoms with van der Waals surface area (Å²) in [5.74, 6) is -0.0372. The van der Waals surface area contributed by atoms with E-state index < -0.39 is 75.7 Å². The second-order valence-corrected chi connectivity index (χ2v) is 116. The Morgan fingerprint density at radius 1 is 0.287 bits per heavy atom. The van der Waals surface area contributed by atoms with E-state index in [9.17, 15) is 17.2 Å². The first kappa shape index (κ1) is 86.8. The normalized spacial score (nSPS) is 28.5. The first-order chi connectivity index (χ1) is 54.4. The van der Waals surface area contributed by atoms with Crippen LogP contribution in [0.4, 0.5) is 0 Å². The van der Waals surface area contributed by atoms with Crippen molar-refractivity contribution in [3.05, 3.63) is 304 Å². The summed E-state index contributed by atoms with van der Waals surface area (Å²) >= 11 is -8.06. The van der Waals surface area contributed by atoms with E-state index in [1.807, 2.05) is 0 Å².